The van der Waals surface area contributed by atoms with Crippen LogP contribution in [0.2, 0.25) is 0 Å². The predicted molar refractivity (Wildman–Crippen MR) is 98.4 cm³/mol. The van der Waals surface area contributed by atoms with Crippen molar-refractivity contribution in [1.29, 1.82) is 0 Å². The molecule has 0 aromatic heterocycles. The van der Waals surface area contributed by atoms with Crippen molar-refractivity contribution in [3.05, 3.63) is 35.4 Å². The molecule has 0 atom stereocenters. The monoisotopic (exact) mass is 364 g/mol. The number of benzene rings is 2. The second kappa shape index (κ2) is 9.35. The minimum Gasteiger partial charge on any atom is -0.505 e. The number of ether oxygens (including phenoxy) is 2. The van der Waals surface area contributed by atoms with E-state index in [2.05, 4.69) is 0 Å². The first-order chi connectivity index (χ1) is 12.1. The second-order valence-corrected chi connectivity index (χ2v) is 5.56. The minimum absolute atomic E-state index is 0.0526. The number of rotatable bonds is 4. The van der Waals surface area contributed by atoms with Crippen LogP contribution in [0.15, 0.2) is 24.3 Å². The lowest BCUT2D eigenvalue weighted by Gasteiger charge is -2.09. The van der Waals surface area contributed by atoms with Crippen molar-refractivity contribution in [3.63, 3.8) is 0 Å². The normalized spacial score (nSPS) is 9.85. The molecule has 0 aliphatic heterocycles. The molecule has 2 rings (SSSR count). The van der Waals surface area contributed by atoms with Gasteiger partial charge in [0.2, 0.25) is 0 Å². The molecule has 0 spiro atoms. The van der Waals surface area contributed by atoms with E-state index in [0.29, 0.717) is 0 Å². The first-order valence-corrected chi connectivity index (χ1v) is 7.59. The van der Waals surface area contributed by atoms with Crippen LogP contribution in [0.5, 0.6) is 23.0 Å². The maximum absolute atomic E-state index is 9.44. The molecule has 8 nitrogen and oxygen atoms in total. The minimum atomic E-state index is -1.69. The van der Waals surface area contributed by atoms with Crippen molar-refractivity contribution < 1.29 is 39.8 Å². The molecule has 0 radical (unpaired) electrons. The summed E-state index contributed by atoms with van der Waals surface area (Å²) in [5.74, 6) is 0.0115. The van der Waals surface area contributed by atoms with Crippen LogP contribution >= 0.6 is 0 Å². The van der Waals surface area contributed by atoms with Gasteiger partial charge in [-0.3, -0.25) is 0 Å². The third-order valence-corrected chi connectivity index (χ3v) is 3.49. The molecular formula is C16H22B2O8. The summed E-state index contributed by atoms with van der Waals surface area (Å²) in [5, 5.41) is 54.4. The van der Waals surface area contributed by atoms with Gasteiger partial charge < -0.3 is 39.8 Å². The largest absolute Gasteiger partial charge is 0.505 e. The lowest BCUT2D eigenvalue weighted by Crippen LogP contribution is -2.30. The highest BCUT2D eigenvalue weighted by molar-refractivity contribution is 6.60. The van der Waals surface area contributed by atoms with E-state index in [4.69, 9.17) is 29.6 Å². The maximum atomic E-state index is 9.44. The van der Waals surface area contributed by atoms with Crippen molar-refractivity contribution >= 4 is 25.2 Å². The van der Waals surface area contributed by atoms with E-state index in [1.54, 1.807) is 26.0 Å². The lowest BCUT2D eigenvalue weighted by molar-refractivity contribution is 0.371. The standard InChI is InChI=1S/2C8H11BO4/c2*1-5-3-6(9(11)12)8(10)7(4-5)13-2/h2*3-4,10-12H,1-2H3. The van der Waals surface area contributed by atoms with Crippen LogP contribution in [0.25, 0.3) is 0 Å². The fourth-order valence-electron chi connectivity index (χ4n) is 2.25. The van der Waals surface area contributed by atoms with Crippen LogP contribution in [0.3, 0.4) is 0 Å². The van der Waals surface area contributed by atoms with Gasteiger partial charge in [-0.25, -0.2) is 0 Å². The summed E-state index contributed by atoms with van der Waals surface area (Å²) in [6.07, 6.45) is 0. The Morgan fingerprint density at radius 3 is 1.19 bits per heavy atom. The molecule has 0 saturated carbocycles. The molecule has 0 amide bonds. The quantitative estimate of drug-likeness (QED) is 0.371. The van der Waals surface area contributed by atoms with Gasteiger partial charge in [-0.1, -0.05) is 12.1 Å². The van der Waals surface area contributed by atoms with Crippen molar-refractivity contribution in [2.75, 3.05) is 14.2 Å². The van der Waals surface area contributed by atoms with Gasteiger partial charge in [0, 0.05) is 10.9 Å². The van der Waals surface area contributed by atoms with Crippen LogP contribution in [-0.4, -0.2) is 58.8 Å². The van der Waals surface area contributed by atoms with Gasteiger partial charge >= 0.3 is 14.2 Å². The van der Waals surface area contributed by atoms with E-state index in [0.717, 1.165) is 11.1 Å². The molecule has 0 aliphatic carbocycles. The summed E-state index contributed by atoms with van der Waals surface area (Å²) in [6, 6.07) is 6.20. The van der Waals surface area contributed by atoms with Crippen molar-refractivity contribution in [2.24, 2.45) is 0 Å². The van der Waals surface area contributed by atoms with Crippen LogP contribution < -0.4 is 20.4 Å². The fourth-order valence-corrected chi connectivity index (χ4v) is 2.25. The third kappa shape index (κ3) is 5.30. The van der Waals surface area contributed by atoms with Crippen LogP contribution in [0.4, 0.5) is 0 Å². The molecule has 140 valence electrons. The summed E-state index contributed by atoms with van der Waals surface area (Å²) in [5.41, 5.74) is 1.68. The highest BCUT2D eigenvalue weighted by Gasteiger charge is 2.20. The number of hydrogen-bond acceptors (Lipinski definition) is 8. The van der Waals surface area contributed by atoms with Crippen molar-refractivity contribution in [3.8, 4) is 23.0 Å². The zero-order valence-corrected chi connectivity index (χ0v) is 15.0. The summed E-state index contributed by atoms with van der Waals surface area (Å²) in [7, 11) is -0.563. The van der Waals surface area contributed by atoms with E-state index in [1.165, 1.54) is 26.4 Å². The lowest BCUT2D eigenvalue weighted by atomic mass is 9.78. The molecule has 0 fully saturated rings. The first kappa shape index (κ1) is 21.7. The Labute approximate surface area is 152 Å². The molecule has 26 heavy (non-hydrogen) atoms. The van der Waals surface area contributed by atoms with Crippen LogP contribution in [0, 0.1) is 13.8 Å². The zero-order valence-electron chi connectivity index (χ0n) is 15.0. The molecule has 0 heterocycles. The molecule has 0 unspecified atom stereocenters. The molecule has 0 saturated heterocycles. The number of phenols is 2. The highest BCUT2D eigenvalue weighted by atomic mass is 16.5. The Morgan fingerprint density at radius 2 is 0.962 bits per heavy atom. The Kier molecular flexibility index (Phi) is 7.78. The molecular weight excluding hydrogens is 342 g/mol. The number of methoxy groups -OCH3 is 2. The van der Waals surface area contributed by atoms with Gasteiger partial charge in [-0.15, -0.1) is 0 Å². The van der Waals surface area contributed by atoms with Gasteiger partial charge in [0.25, 0.3) is 0 Å². The van der Waals surface area contributed by atoms with E-state index in [-0.39, 0.29) is 33.9 Å². The molecule has 10 heteroatoms. The van der Waals surface area contributed by atoms with Gasteiger partial charge in [0.15, 0.2) is 23.0 Å². The number of aryl methyl sites for hydroxylation is 2. The molecule has 0 bridgehead atoms. The predicted octanol–water partition coefficient (Wildman–Crippen LogP) is -1.22. The maximum Gasteiger partial charge on any atom is 0.492 e. The summed E-state index contributed by atoms with van der Waals surface area (Å²) < 4.78 is 9.69. The zero-order chi connectivity index (χ0) is 20.0. The Balaban J connectivity index is 0.000000260. The van der Waals surface area contributed by atoms with E-state index in [9.17, 15) is 10.2 Å². The molecule has 0 aliphatic rings. The van der Waals surface area contributed by atoms with Gasteiger partial charge in [0.1, 0.15) is 0 Å². The van der Waals surface area contributed by atoms with E-state index in [1.807, 2.05) is 0 Å². The smallest absolute Gasteiger partial charge is 0.492 e. The molecule has 2 aromatic rings. The van der Waals surface area contributed by atoms with Gasteiger partial charge in [-0.2, -0.15) is 0 Å². The van der Waals surface area contributed by atoms with Gasteiger partial charge in [-0.05, 0) is 37.1 Å². The second-order valence-electron chi connectivity index (χ2n) is 5.56. The molecule has 6 N–H and O–H groups in total. The number of phenolic OH excluding ortho intramolecular Hbond substituents is 2. The summed E-state index contributed by atoms with van der Waals surface area (Å²) >= 11 is 0. The average molecular weight is 364 g/mol. The Hall–Kier alpha value is -2.39. The summed E-state index contributed by atoms with van der Waals surface area (Å²) in [4.78, 5) is 0. The number of hydrogen-bond donors (Lipinski definition) is 6. The molecule has 2 aromatic carbocycles. The van der Waals surface area contributed by atoms with E-state index < -0.39 is 14.2 Å². The van der Waals surface area contributed by atoms with Crippen LogP contribution in [0.1, 0.15) is 11.1 Å². The topological polar surface area (TPSA) is 140 Å². The SMILES string of the molecule is COc1cc(C)cc(B(O)O)c1O.COc1cc(C)cc(B(O)O)c1O. The Morgan fingerprint density at radius 1 is 0.654 bits per heavy atom. The summed E-state index contributed by atoms with van der Waals surface area (Å²) in [6.45, 7) is 3.54. The van der Waals surface area contributed by atoms with E-state index >= 15 is 0 Å². The van der Waals surface area contributed by atoms with Crippen LogP contribution in [-0.2, 0) is 0 Å². The van der Waals surface area contributed by atoms with Crippen molar-refractivity contribution in [1.82, 2.24) is 0 Å². The highest BCUT2D eigenvalue weighted by Crippen LogP contribution is 2.25. The first-order valence-electron chi connectivity index (χ1n) is 7.59. The average Bonchev–Trinajstić information content (AvgIpc) is 2.58. The third-order valence-electron chi connectivity index (χ3n) is 3.49. The van der Waals surface area contributed by atoms with Gasteiger partial charge in [0.05, 0.1) is 14.2 Å². The van der Waals surface area contributed by atoms with Crippen molar-refractivity contribution in [2.45, 2.75) is 13.8 Å². The Bertz CT molecular complexity index is 686. The number of aromatic hydroxyl groups is 2. The fraction of sp³-hybridized carbons (Fsp3) is 0.250.